The van der Waals surface area contributed by atoms with Gasteiger partial charge in [0.05, 0.1) is 5.56 Å². The average molecular weight is 327 g/mol. The molecule has 92 valence electrons. The summed E-state index contributed by atoms with van der Waals surface area (Å²) in [6.45, 7) is 1.92. The zero-order valence-corrected chi connectivity index (χ0v) is 11.8. The van der Waals surface area contributed by atoms with Gasteiger partial charge in [-0.1, -0.05) is 11.6 Å². The Morgan fingerprint density at radius 1 is 1.39 bits per heavy atom. The Morgan fingerprint density at radius 3 is 2.89 bits per heavy atom. The molecule has 1 amide bonds. The molecule has 4 nitrogen and oxygen atoms in total. The van der Waals surface area contributed by atoms with E-state index in [-0.39, 0.29) is 11.2 Å². The lowest BCUT2D eigenvalue weighted by Gasteiger charge is -2.07. The van der Waals surface area contributed by atoms with Crippen molar-refractivity contribution in [2.45, 2.75) is 6.92 Å². The maximum atomic E-state index is 12.1. The number of hydrogen-bond donors (Lipinski definition) is 1. The molecule has 0 unspecified atom stereocenters. The lowest BCUT2D eigenvalue weighted by atomic mass is 10.1. The first-order valence-corrected chi connectivity index (χ1v) is 6.29. The molecule has 0 fully saturated rings. The van der Waals surface area contributed by atoms with Crippen molar-refractivity contribution in [2.24, 2.45) is 0 Å². The predicted octanol–water partition coefficient (Wildman–Crippen LogP) is 3.45. The zero-order valence-electron chi connectivity index (χ0n) is 9.45. The summed E-state index contributed by atoms with van der Waals surface area (Å²) in [6.07, 6.45) is 1.48. The Balaban J connectivity index is 2.24. The SMILES string of the molecule is Cc1ccc(Br)c(C(=O)Nc2ccnc(Cl)n2)c1. The summed E-state index contributed by atoms with van der Waals surface area (Å²) in [7, 11) is 0. The number of benzene rings is 1. The van der Waals surface area contributed by atoms with Gasteiger partial charge in [-0.05, 0) is 52.7 Å². The molecule has 0 aliphatic rings. The smallest absolute Gasteiger partial charge is 0.257 e. The molecule has 0 radical (unpaired) electrons. The molecular formula is C12H9BrClN3O. The maximum Gasteiger partial charge on any atom is 0.257 e. The first-order chi connectivity index (χ1) is 8.56. The van der Waals surface area contributed by atoms with Crippen LogP contribution in [0.1, 0.15) is 15.9 Å². The van der Waals surface area contributed by atoms with E-state index >= 15 is 0 Å². The molecule has 2 aromatic rings. The number of rotatable bonds is 2. The normalized spacial score (nSPS) is 10.2. The van der Waals surface area contributed by atoms with Crippen LogP contribution in [0.15, 0.2) is 34.9 Å². The van der Waals surface area contributed by atoms with Gasteiger partial charge >= 0.3 is 0 Å². The van der Waals surface area contributed by atoms with E-state index in [2.05, 4.69) is 31.2 Å². The molecule has 1 aromatic heterocycles. The van der Waals surface area contributed by atoms with Crippen molar-refractivity contribution in [3.05, 3.63) is 51.3 Å². The molecule has 0 aliphatic heterocycles. The van der Waals surface area contributed by atoms with Gasteiger partial charge in [-0.25, -0.2) is 9.97 Å². The number of hydrogen-bond acceptors (Lipinski definition) is 3. The van der Waals surface area contributed by atoms with Gasteiger partial charge < -0.3 is 5.32 Å². The fourth-order valence-electron chi connectivity index (χ4n) is 1.40. The Bertz CT molecular complexity index is 604. The third kappa shape index (κ3) is 3.05. The number of anilines is 1. The summed E-state index contributed by atoms with van der Waals surface area (Å²) in [4.78, 5) is 19.7. The second kappa shape index (κ2) is 5.46. The van der Waals surface area contributed by atoms with Crippen molar-refractivity contribution in [3.63, 3.8) is 0 Å². The van der Waals surface area contributed by atoms with Crippen molar-refractivity contribution >= 4 is 39.3 Å². The number of carbonyl (C=O) groups excluding carboxylic acids is 1. The molecule has 1 N–H and O–H groups in total. The maximum absolute atomic E-state index is 12.1. The quantitative estimate of drug-likeness (QED) is 0.860. The molecule has 18 heavy (non-hydrogen) atoms. The summed E-state index contributed by atoms with van der Waals surface area (Å²) in [5, 5.41) is 2.76. The van der Waals surface area contributed by atoms with E-state index in [0.717, 1.165) is 10.0 Å². The fourth-order valence-corrected chi connectivity index (χ4v) is 1.98. The number of aryl methyl sites for hydroxylation is 1. The van der Waals surface area contributed by atoms with Gasteiger partial charge in [0, 0.05) is 10.7 Å². The van der Waals surface area contributed by atoms with Gasteiger partial charge in [0.1, 0.15) is 5.82 Å². The number of nitrogens with zero attached hydrogens (tertiary/aromatic N) is 2. The van der Waals surface area contributed by atoms with Crippen molar-refractivity contribution < 1.29 is 4.79 Å². The molecule has 0 saturated carbocycles. The van der Waals surface area contributed by atoms with E-state index in [9.17, 15) is 4.79 Å². The molecule has 0 atom stereocenters. The summed E-state index contributed by atoms with van der Waals surface area (Å²) in [5.41, 5.74) is 1.55. The van der Waals surface area contributed by atoms with Gasteiger partial charge in [0.2, 0.25) is 5.28 Å². The fraction of sp³-hybridized carbons (Fsp3) is 0.0833. The minimum Gasteiger partial charge on any atom is -0.306 e. The van der Waals surface area contributed by atoms with E-state index < -0.39 is 0 Å². The molecular weight excluding hydrogens is 318 g/mol. The Kier molecular flexibility index (Phi) is 3.93. The molecule has 0 spiro atoms. The van der Waals surface area contributed by atoms with Crippen molar-refractivity contribution in [1.29, 1.82) is 0 Å². The average Bonchev–Trinajstić information content (AvgIpc) is 2.32. The van der Waals surface area contributed by atoms with Crippen molar-refractivity contribution in [3.8, 4) is 0 Å². The highest BCUT2D eigenvalue weighted by Crippen LogP contribution is 2.19. The number of halogens is 2. The Labute approximate surface area is 118 Å². The number of nitrogens with one attached hydrogen (secondary N) is 1. The molecule has 0 aliphatic carbocycles. The standard InChI is InChI=1S/C12H9BrClN3O/c1-7-2-3-9(13)8(6-7)11(18)16-10-4-5-15-12(14)17-10/h2-6H,1H3,(H,15,16,17,18). The van der Waals surface area contributed by atoms with E-state index in [1.807, 2.05) is 19.1 Å². The Hall–Kier alpha value is -1.46. The molecule has 0 saturated heterocycles. The van der Waals surface area contributed by atoms with Crippen molar-refractivity contribution in [1.82, 2.24) is 9.97 Å². The highest BCUT2D eigenvalue weighted by molar-refractivity contribution is 9.10. The summed E-state index contributed by atoms with van der Waals surface area (Å²) < 4.78 is 0.728. The van der Waals surface area contributed by atoms with Gasteiger partial charge in [-0.15, -0.1) is 0 Å². The number of amides is 1. The van der Waals surface area contributed by atoms with Crippen LogP contribution >= 0.6 is 27.5 Å². The van der Waals surface area contributed by atoms with Gasteiger partial charge in [-0.3, -0.25) is 4.79 Å². The van der Waals surface area contributed by atoms with E-state index in [1.54, 1.807) is 12.1 Å². The van der Waals surface area contributed by atoms with Crippen molar-refractivity contribution in [2.75, 3.05) is 5.32 Å². The summed E-state index contributed by atoms with van der Waals surface area (Å²) in [6, 6.07) is 7.12. The lowest BCUT2D eigenvalue weighted by molar-refractivity contribution is 0.102. The van der Waals surface area contributed by atoms with E-state index in [4.69, 9.17) is 11.6 Å². The second-order valence-corrected chi connectivity index (χ2v) is 4.84. The van der Waals surface area contributed by atoms with E-state index in [0.29, 0.717) is 11.4 Å². The number of aromatic nitrogens is 2. The molecule has 2 rings (SSSR count). The molecule has 1 aromatic carbocycles. The summed E-state index contributed by atoms with van der Waals surface area (Å²) >= 11 is 8.99. The van der Waals surface area contributed by atoms with Crippen LogP contribution in [0.3, 0.4) is 0 Å². The topological polar surface area (TPSA) is 54.9 Å². The largest absolute Gasteiger partial charge is 0.306 e. The van der Waals surface area contributed by atoms with Crippen LogP contribution in [-0.4, -0.2) is 15.9 Å². The monoisotopic (exact) mass is 325 g/mol. The van der Waals surface area contributed by atoms with Crippen LogP contribution < -0.4 is 5.32 Å². The lowest BCUT2D eigenvalue weighted by Crippen LogP contribution is -2.14. The third-order valence-corrected chi connectivity index (χ3v) is 3.11. The first-order valence-electron chi connectivity index (χ1n) is 5.12. The second-order valence-electron chi connectivity index (χ2n) is 3.65. The van der Waals surface area contributed by atoms with Gasteiger partial charge in [-0.2, -0.15) is 0 Å². The van der Waals surface area contributed by atoms with Crippen LogP contribution in [-0.2, 0) is 0 Å². The van der Waals surface area contributed by atoms with Crippen LogP contribution in [0, 0.1) is 6.92 Å². The molecule has 0 bridgehead atoms. The summed E-state index contributed by atoms with van der Waals surface area (Å²) in [5.74, 6) is 0.119. The highest BCUT2D eigenvalue weighted by atomic mass is 79.9. The van der Waals surface area contributed by atoms with Crippen LogP contribution in [0.5, 0.6) is 0 Å². The molecule has 6 heteroatoms. The van der Waals surface area contributed by atoms with Crippen LogP contribution in [0.2, 0.25) is 5.28 Å². The van der Waals surface area contributed by atoms with Crippen LogP contribution in [0.25, 0.3) is 0 Å². The highest BCUT2D eigenvalue weighted by Gasteiger charge is 2.11. The third-order valence-electron chi connectivity index (χ3n) is 2.23. The minimum absolute atomic E-state index is 0.0936. The molecule has 1 heterocycles. The number of carbonyl (C=O) groups is 1. The van der Waals surface area contributed by atoms with E-state index in [1.165, 1.54) is 6.20 Å². The van der Waals surface area contributed by atoms with Gasteiger partial charge in [0.15, 0.2) is 0 Å². The van der Waals surface area contributed by atoms with Gasteiger partial charge in [0.25, 0.3) is 5.91 Å². The Morgan fingerprint density at radius 2 is 2.17 bits per heavy atom. The zero-order chi connectivity index (χ0) is 13.1. The van der Waals surface area contributed by atoms with Crippen LogP contribution in [0.4, 0.5) is 5.82 Å². The first kappa shape index (κ1) is 13.0. The predicted molar refractivity (Wildman–Crippen MR) is 73.9 cm³/mol. The minimum atomic E-state index is -0.250.